The highest BCUT2D eigenvalue weighted by atomic mass is 35.5. The second-order valence-corrected chi connectivity index (χ2v) is 4.62. The van der Waals surface area contributed by atoms with Crippen molar-refractivity contribution in [3.8, 4) is 0 Å². The maximum absolute atomic E-state index is 12.4. The monoisotopic (exact) mass is 284 g/mol. The van der Waals surface area contributed by atoms with Crippen LogP contribution >= 0.6 is 12.4 Å². The molecule has 3 nitrogen and oxygen atoms in total. The summed E-state index contributed by atoms with van der Waals surface area (Å²) in [5.41, 5.74) is 7.07. The highest BCUT2D eigenvalue weighted by Gasteiger charge is 2.14. The van der Waals surface area contributed by atoms with Crippen LogP contribution in [0.2, 0.25) is 0 Å². The predicted molar refractivity (Wildman–Crippen MR) is 83.8 cm³/mol. The lowest BCUT2D eigenvalue weighted by molar-refractivity contribution is 0.0751. The largest absolute Gasteiger partial charge is 0.399 e. The maximum atomic E-state index is 12.4. The van der Waals surface area contributed by atoms with Gasteiger partial charge in [-0.2, -0.15) is 0 Å². The van der Waals surface area contributed by atoms with E-state index in [0.29, 0.717) is 5.69 Å². The Kier molecular flexibility index (Phi) is 9.06. The first-order valence-electron chi connectivity index (χ1n) is 6.83. The van der Waals surface area contributed by atoms with Crippen LogP contribution in [0.4, 0.5) is 5.69 Å². The van der Waals surface area contributed by atoms with E-state index in [2.05, 4.69) is 13.8 Å². The summed E-state index contributed by atoms with van der Waals surface area (Å²) >= 11 is 0. The number of nitrogen functional groups attached to an aromatic ring is 1. The Morgan fingerprint density at radius 1 is 1.05 bits per heavy atom. The number of hydrogen-bond acceptors (Lipinski definition) is 2. The van der Waals surface area contributed by atoms with Crippen molar-refractivity contribution >= 4 is 24.0 Å². The van der Waals surface area contributed by atoms with E-state index in [1.54, 1.807) is 12.1 Å². The summed E-state index contributed by atoms with van der Waals surface area (Å²) in [5, 5.41) is 0. The molecule has 1 rings (SSSR count). The molecule has 0 heterocycles. The number of hydrogen-bond donors (Lipinski definition) is 1. The number of nitrogens with two attached hydrogens (primary N) is 1. The molecule has 0 saturated heterocycles. The normalized spacial score (nSPS) is 9.79. The molecule has 108 valence electrons. The molecule has 0 fully saturated rings. The molecule has 2 N–H and O–H groups in total. The second-order valence-electron chi connectivity index (χ2n) is 4.62. The van der Waals surface area contributed by atoms with Crippen LogP contribution in [0.5, 0.6) is 0 Å². The molecule has 0 unspecified atom stereocenters. The fourth-order valence-electron chi connectivity index (χ4n) is 1.82. The van der Waals surface area contributed by atoms with Gasteiger partial charge in [-0.25, -0.2) is 0 Å². The Morgan fingerprint density at radius 3 is 1.95 bits per heavy atom. The van der Waals surface area contributed by atoms with Crippen molar-refractivity contribution in [3.05, 3.63) is 29.8 Å². The number of unbranched alkanes of at least 4 members (excludes halogenated alkanes) is 2. The van der Waals surface area contributed by atoms with Gasteiger partial charge < -0.3 is 10.6 Å². The summed E-state index contributed by atoms with van der Waals surface area (Å²) in [6, 6.07) is 7.18. The van der Waals surface area contributed by atoms with Crippen molar-refractivity contribution < 1.29 is 4.79 Å². The molecule has 0 bridgehead atoms. The molecule has 0 spiro atoms. The van der Waals surface area contributed by atoms with Crippen LogP contribution in [0.25, 0.3) is 0 Å². The number of rotatable bonds is 7. The lowest BCUT2D eigenvalue weighted by atomic mass is 10.1. The first-order valence-corrected chi connectivity index (χ1v) is 6.83. The fraction of sp³-hybridized carbons (Fsp3) is 0.533. The third kappa shape index (κ3) is 5.97. The summed E-state index contributed by atoms with van der Waals surface area (Å²) in [7, 11) is 0. The molecule has 0 aliphatic rings. The van der Waals surface area contributed by atoms with Crippen LogP contribution in [0.1, 0.15) is 49.9 Å². The Hall–Kier alpha value is -1.22. The predicted octanol–water partition coefficient (Wildman–Crippen LogP) is 3.73. The molecule has 0 aliphatic carbocycles. The SMILES string of the molecule is CCCCN(CCCC)C(=O)c1ccc(N)cc1.Cl. The van der Waals surface area contributed by atoms with Gasteiger partial charge in [0.25, 0.3) is 5.91 Å². The zero-order valence-electron chi connectivity index (χ0n) is 11.9. The molecule has 0 aromatic heterocycles. The molecule has 0 aliphatic heterocycles. The van der Waals surface area contributed by atoms with E-state index in [4.69, 9.17) is 5.73 Å². The van der Waals surface area contributed by atoms with Gasteiger partial charge in [-0.05, 0) is 37.1 Å². The summed E-state index contributed by atoms with van der Waals surface area (Å²) in [6.07, 6.45) is 4.34. The zero-order valence-corrected chi connectivity index (χ0v) is 12.7. The van der Waals surface area contributed by atoms with E-state index in [9.17, 15) is 4.79 Å². The molecule has 19 heavy (non-hydrogen) atoms. The van der Waals surface area contributed by atoms with Crippen LogP contribution in [0, 0.1) is 0 Å². The van der Waals surface area contributed by atoms with Crippen molar-refractivity contribution in [2.24, 2.45) is 0 Å². The number of amides is 1. The second kappa shape index (κ2) is 9.68. The van der Waals surface area contributed by atoms with Crippen molar-refractivity contribution in [3.63, 3.8) is 0 Å². The smallest absolute Gasteiger partial charge is 0.253 e. The van der Waals surface area contributed by atoms with Crippen LogP contribution in [0.3, 0.4) is 0 Å². The summed E-state index contributed by atoms with van der Waals surface area (Å²) in [5.74, 6) is 0.122. The number of halogens is 1. The Bertz CT molecular complexity index is 357. The molecule has 1 amide bonds. The van der Waals surface area contributed by atoms with Gasteiger partial charge in [0.15, 0.2) is 0 Å². The van der Waals surface area contributed by atoms with Gasteiger partial charge in [-0.15, -0.1) is 12.4 Å². The lowest BCUT2D eigenvalue weighted by Crippen LogP contribution is -2.32. The van der Waals surface area contributed by atoms with Gasteiger partial charge in [0.1, 0.15) is 0 Å². The summed E-state index contributed by atoms with van der Waals surface area (Å²) < 4.78 is 0. The van der Waals surface area contributed by atoms with Crippen LogP contribution in [0.15, 0.2) is 24.3 Å². The van der Waals surface area contributed by atoms with E-state index in [1.165, 1.54) is 0 Å². The van der Waals surface area contributed by atoms with Crippen molar-refractivity contribution in [2.45, 2.75) is 39.5 Å². The number of carbonyl (C=O) groups is 1. The van der Waals surface area contributed by atoms with E-state index in [0.717, 1.165) is 44.3 Å². The van der Waals surface area contributed by atoms with Crippen LogP contribution in [-0.2, 0) is 0 Å². The Morgan fingerprint density at radius 2 is 1.53 bits per heavy atom. The maximum Gasteiger partial charge on any atom is 0.253 e. The highest BCUT2D eigenvalue weighted by Crippen LogP contribution is 2.10. The third-order valence-corrected chi connectivity index (χ3v) is 3.01. The van der Waals surface area contributed by atoms with Crippen molar-refractivity contribution in [1.29, 1.82) is 0 Å². The van der Waals surface area contributed by atoms with Crippen LogP contribution < -0.4 is 5.73 Å². The molecule has 0 saturated carbocycles. The third-order valence-electron chi connectivity index (χ3n) is 3.01. The topological polar surface area (TPSA) is 46.3 Å². The molecular weight excluding hydrogens is 260 g/mol. The van der Waals surface area contributed by atoms with Gasteiger partial charge in [0.05, 0.1) is 0 Å². The quantitative estimate of drug-likeness (QED) is 0.776. The molecule has 0 atom stereocenters. The number of carbonyl (C=O) groups excluding carboxylic acids is 1. The van der Waals surface area contributed by atoms with Gasteiger partial charge in [-0.3, -0.25) is 4.79 Å². The van der Waals surface area contributed by atoms with Crippen molar-refractivity contribution in [2.75, 3.05) is 18.8 Å². The average Bonchev–Trinajstić information content (AvgIpc) is 2.39. The number of nitrogens with zero attached hydrogens (tertiary/aromatic N) is 1. The van der Waals surface area contributed by atoms with Gasteiger partial charge in [0.2, 0.25) is 0 Å². The average molecular weight is 285 g/mol. The van der Waals surface area contributed by atoms with Gasteiger partial charge in [-0.1, -0.05) is 26.7 Å². The molecular formula is C15H25ClN2O. The molecule has 1 aromatic rings. The fourth-order valence-corrected chi connectivity index (χ4v) is 1.82. The first-order chi connectivity index (χ1) is 8.69. The zero-order chi connectivity index (χ0) is 13.4. The minimum absolute atomic E-state index is 0. The van der Waals surface area contributed by atoms with Gasteiger partial charge in [0, 0.05) is 24.3 Å². The molecule has 4 heteroatoms. The van der Waals surface area contributed by atoms with Gasteiger partial charge >= 0.3 is 0 Å². The number of anilines is 1. The van der Waals surface area contributed by atoms with Crippen molar-refractivity contribution in [1.82, 2.24) is 4.90 Å². The standard InChI is InChI=1S/C15H24N2O.ClH/c1-3-5-11-17(12-6-4-2)15(18)13-7-9-14(16)10-8-13;/h7-10H,3-6,11-12,16H2,1-2H3;1H. The highest BCUT2D eigenvalue weighted by molar-refractivity contribution is 5.94. The minimum atomic E-state index is 0. The van der Waals surface area contributed by atoms with Crippen LogP contribution in [-0.4, -0.2) is 23.9 Å². The Balaban J connectivity index is 0.00000324. The summed E-state index contributed by atoms with van der Waals surface area (Å²) in [4.78, 5) is 14.3. The first kappa shape index (κ1) is 17.8. The van der Waals surface area contributed by atoms with E-state index >= 15 is 0 Å². The molecule has 0 radical (unpaired) electrons. The summed E-state index contributed by atoms with van der Waals surface area (Å²) in [6.45, 7) is 5.98. The van der Waals surface area contributed by atoms with E-state index < -0.39 is 0 Å². The van der Waals surface area contributed by atoms with E-state index in [-0.39, 0.29) is 18.3 Å². The van der Waals surface area contributed by atoms with E-state index in [1.807, 2.05) is 17.0 Å². The lowest BCUT2D eigenvalue weighted by Gasteiger charge is -2.22. The molecule has 1 aromatic carbocycles. The minimum Gasteiger partial charge on any atom is -0.399 e. The Labute approximate surface area is 122 Å². The number of benzene rings is 1.